The Bertz CT molecular complexity index is 1580. The molecule has 3 aliphatic carbocycles. The van der Waals surface area contributed by atoms with Crippen molar-refractivity contribution < 1.29 is 0 Å². The van der Waals surface area contributed by atoms with Crippen molar-refractivity contribution in [1.82, 2.24) is 0 Å². The molecule has 1 N–H and O–H groups in total. The van der Waals surface area contributed by atoms with Crippen LogP contribution in [0.1, 0.15) is 36.1 Å². The van der Waals surface area contributed by atoms with Crippen LogP contribution in [0, 0.1) is 5.41 Å². The Morgan fingerprint density at radius 3 is 1.97 bits per heavy atom. The molecular formula is C34H27N. The molecule has 0 saturated carbocycles. The third-order valence-corrected chi connectivity index (χ3v) is 7.78. The van der Waals surface area contributed by atoms with Gasteiger partial charge in [0.05, 0.1) is 5.41 Å². The number of nitrogens with one attached hydrogen (secondary N) is 1. The van der Waals surface area contributed by atoms with Crippen molar-refractivity contribution in [3.05, 3.63) is 149 Å². The van der Waals surface area contributed by atoms with E-state index >= 15 is 0 Å². The Kier molecular flexibility index (Phi) is 4.17. The van der Waals surface area contributed by atoms with E-state index in [0.29, 0.717) is 0 Å². The van der Waals surface area contributed by atoms with Crippen LogP contribution in [-0.2, 0) is 5.41 Å². The topological polar surface area (TPSA) is 12.0 Å². The van der Waals surface area contributed by atoms with E-state index in [1.807, 2.05) is 0 Å². The lowest BCUT2D eigenvalue weighted by molar-refractivity contribution is 0.625. The average Bonchev–Trinajstić information content (AvgIpc) is 3.26. The number of hydrogen-bond donors (Lipinski definition) is 1. The van der Waals surface area contributed by atoms with Crippen LogP contribution < -0.4 is 5.32 Å². The molecule has 0 aliphatic heterocycles. The lowest BCUT2D eigenvalue weighted by Crippen LogP contribution is -2.27. The highest BCUT2D eigenvalue weighted by Crippen LogP contribution is 2.63. The maximum Gasteiger partial charge on any atom is 0.0726 e. The van der Waals surface area contributed by atoms with E-state index in [1.54, 1.807) is 0 Å². The van der Waals surface area contributed by atoms with Crippen LogP contribution >= 0.6 is 0 Å². The maximum absolute atomic E-state index is 3.64. The second-order valence-electron chi connectivity index (χ2n) is 10.4. The second-order valence-corrected chi connectivity index (χ2v) is 10.4. The van der Waals surface area contributed by atoms with Crippen LogP contribution in [-0.4, -0.2) is 0 Å². The molecule has 1 unspecified atom stereocenters. The Labute approximate surface area is 207 Å². The Balaban J connectivity index is 1.54. The zero-order chi connectivity index (χ0) is 23.6. The fourth-order valence-corrected chi connectivity index (χ4v) is 6.21. The molecule has 0 bridgehead atoms. The summed E-state index contributed by atoms with van der Waals surface area (Å²) in [5.41, 5.74) is 12.7. The highest BCUT2D eigenvalue weighted by molar-refractivity contribution is 5.98. The molecule has 3 aliphatic rings. The van der Waals surface area contributed by atoms with Crippen molar-refractivity contribution in [1.29, 1.82) is 0 Å². The highest BCUT2D eigenvalue weighted by Gasteiger charge is 2.52. The lowest BCUT2D eigenvalue weighted by Gasteiger charge is -2.32. The van der Waals surface area contributed by atoms with Gasteiger partial charge in [0.25, 0.3) is 0 Å². The first-order chi connectivity index (χ1) is 17.1. The normalized spacial score (nSPS) is 20.3. The summed E-state index contributed by atoms with van der Waals surface area (Å²) in [6.45, 7) is 4.55. The van der Waals surface area contributed by atoms with E-state index in [4.69, 9.17) is 0 Å². The number of fused-ring (bicyclic) bond motifs is 9. The predicted molar refractivity (Wildman–Crippen MR) is 147 cm³/mol. The van der Waals surface area contributed by atoms with Crippen LogP contribution in [0.15, 0.2) is 127 Å². The molecule has 0 radical (unpaired) electrons. The van der Waals surface area contributed by atoms with Crippen LogP contribution in [0.2, 0.25) is 0 Å². The molecule has 1 spiro atoms. The van der Waals surface area contributed by atoms with Gasteiger partial charge in [-0.05, 0) is 68.8 Å². The summed E-state index contributed by atoms with van der Waals surface area (Å²) in [4.78, 5) is 0. The minimum absolute atomic E-state index is 0.0120. The molecule has 0 fully saturated rings. The molecule has 0 saturated heterocycles. The first-order valence-corrected chi connectivity index (χ1v) is 12.4. The van der Waals surface area contributed by atoms with E-state index in [9.17, 15) is 0 Å². The molecule has 7 rings (SSSR count). The SMILES string of the molecule is CC1(C)C=CC2=C(C=C1)C1(c3ccccc32)c2ccccc2-c2ccc(Nc3ccccc3)cc21. The van der Waals surface area contributed by atoms with Gasteiger partial charge in [-0.15, -0.1) is 0 Å². The first kappa shape index (κ1) is 20.3. The largest absolute Gasteiger partial charge is 0.356 e. The molecule has 1 atom stereocenters. The van der Waals surface area contributed by atoms with E-state index in [0.717, 1.165) is 11.4 Å². The van der Waals surface area contributed by atoms with Crippen LogP contribution in [0.25, 0.3) is 16.7 Å². The third kappa shape index (κ3) is 2.82. The maximum atomic E-state index is 3.64. The van der Waals surface area contributed by atoms with E-state index in [-0.39, 0.29) is 10.8 Å². The van der Waals surface area contributed by atoms with Crippen LogP contribution in [0.5, 0.6) is 0 Å². The van der Waals surface area contributed by atoms with Crippen molar-refractivity contribution >= 4 is 16.9 Å². The molecule has 4 aromatic carbocycles. The summed E-state index contributed by atoms with van der Waals surface area (Å²) in [5, 5.41) is 3.64. The summed E-state index contributed by atoms with van der Waals surface area (Å²) in [6.07, 6.45) is 9.47. The van der Waals surface area contributed by atoms with Gasteiger partial charge < -0.3 is 5.32 Å². The van der Waals surface area contributed by atoms with Gasteiger partial charge >= 0.3 is 0 Å². The minimum Gasteiger partial charge on any atom is -0.356 e. The van der Waals surface area contributed by atoms with Crippen LogP contribution in [0.4, 0.5) is 11.4 Å². The Hall–Kier alpha value is -4.10. The predicted octanol–water partition coefficient (Wildman–Crippen LogP) is 8.66. The van der Waals surface area contributed by atoms with Crippen molar-refractivity contribution in [3.63, 3.8) is 0 Å². The zero-order valence-corrected chi connectivity index (χ0v) is 20.0. The first-order valence-electron chi connectivity index (χ1n) is 12.4. The van der Waals surface area contributed by atoms with Crippen molar-refractivity contribution in [2.24, 2.45) is 5.41 Å². The number of benzene rings is 4. The quantitative estimate of drug-likeness (QED) is 0.323. The molecule has 1 heteroatoms. The van der Waals surface area contributed by atoms with E-state index < -0.39 is 0 Å². The third-order valence-electron chi connectivity index (χ3n) is 7.78. The number of hydrogen-bond acceptors (Lipinski definition) is 1. The molecule has 1 nitrogen and oxygen atoms in total. The van der Waals surface area contributed by atoms with Crippen molar-refractivity contribution in [2.45, 2.75) is 19.3 Å². The molecule has 0 amide bonds. The fourth-order valence-electron chi connectivity index (χ4n) is 6.21. The van der Waals surface area contributed by atoms with Crippen molar-refractivity contribution in [3.8, 4) is 11.1 Å². The Morgan fingerprint density at radius 1 is 0.543 bits per heavy atom. The van der Waals surface area contributed by atoms with Gasteiger partial charge in [-0.1, -0.05) is 111 Å². The highest BCUT2D eigenvalue weighted by atomic mass is 14.9. The summed E-state index contributed by atoms with van der Waals surface area (Å²) >= 11 is 0. The molecular weight excluding hydrogens is 422 g/mol. The summed E-state index contributed by atoms with van der Waals surface area (Å²) in [7, 11) is 0. The fraction of sp³-hybridized carbons (Fsp3) is 0.118. The number of para-hydroxylation sites is 1. The van der Waals surface area contributed by atoms with E-state index in [2.05, 4.69) is 141 Å². The second kappa shape index (κ2) is 7.20. The lowest BCUT2D eigenvalue weighted by atomic mass is 9.69. The monoisotopic (exact) mass is 449 g/mol. The smallest absolute Gasteiger partial charge is 0.0726 e. The molecule has 4 aromatic rings. The molecule has 0 aromatic heterocycles. The summed E-state index contributed by atoms with van der Waals surface area (Å²) in [5.74, 6) is 0. The van der Waals surface area contributed by atoms with Gasteiger partial charge in [0.15, 0.2) is 0 Å². The average molecular weight is 450 g/mol. The number of allylic oxidation sites excluding steroid dienone is 6. The van der Waals surface area contributed by atoms with Crippen molar-refractivity contribution in [2.75, 3.05) is 5.32 Å². The molecule has 35 heavy (non-hydrogen) atoms. The van der Waals surface area contributed by atoms with E-state index in [1.165, 1.54) is 44.5 Å². The molecule has 0 heterocycles. The summed E-state index contributed by atoms with van der Waals surface area (Å²) in [6, 6.07) is 35.3. The Morgan fingerprint density at radius 2 is 1.17 bits per heavy atom. The molecule has 168 valence electrons. The standard InChI is InChI=1S/C34H27N/c1-33(2)20-18-28-26-13-7-9-15-30(26)34(31(28)19-21-33)29-14-8-6-12-25(29)27-17-16-24(22-32(27)34)35-23-10-4-3-5-11-23/h3-22,35H,1-2H3. The number of rotatable bonds is 2. The van der Waals surface area contributed by atoms with Gasteiger partial charge in [0, 0.05) is 16.8 Å². The van der Waals surface area contributed by atoms with Crippen LogP contribution in [0.3, 0.4) is 0 Å². The van der Waals surface area contributed by atoms with Gasteiger partial charge in [-0.3, -0.25) is 0 Å². The van der Waals surface area contributed by atoms with Gasteiger partial charge in [-0.25, -0.2) is 0 Å². The minimum atomic E-state index is -0.326. The van der Waals surface area contributed by atoms with Gasteiger partial charge in [-0.2, -0.15) is 0 Å². The zero-order valence-electron chi connectivity index (χ0n) is 20.0. The summed E-state index contributed by atoms with van der Waals surface area (Å²) < 4.78 is 0. The number of anilines is 2. The van der Waals surface area contributed by atoms with Gasteiger partial charge in [0.2, 0.25) is 0 Å². The van der Waals surface area contributed by atoms with Gasteiger partial charge in [0.1, 0.15) is 0 Å².